The summed E-state index contributed by atoms with van der Waals surface area (Å²) in [4.78, 5) is 23.1. The van der Waals surface area contributed by atoms with Gasteiger partial charge in [-0.3, -0.25) is 4.79 Å². The quantitative estimate of drug-likeness (QED) is 0.524. The SMILES string of the molecule is Cn1cc(-c2ccc3c(c2)CCN3C(=O)Cc2ccc(F)c(Cl)c2)c2c(N)ncnc21. The van der Waals surface area contributed by atoms with Crippen LogP contribution < -0.4 is 10.6 Å². The Balaban J connectivity index is 1.45. The maximum atomic E-state index is 13.4. The summed E-state index contributed by atoms with van der Waals surface area (Å²) >= 11 is 5.85. The number of rotatable bonds is 3. The van der Waals surface area contributed by atoms with Gasteiger partial charge in [0, 0.05) is 31.0 Å². The molecule has 1 aliphatic rings. The topological polar surface area (TPSA) is 77.0 Å². The predicted octanol–water partition coefficient (Wildman–Crippen LogP) is 4.14. The van der Waals surface area contributed by atoms with Crippen LogP contribution in [0.5, 0.6) is 0 Å². The molecule has 0 radical (unpaired) electrons. The Morgan fingerprint density at radius 2 is 2.06 bits per heavy atom. The van der Waals surface area contributed by atoms with Crippen molar-refractivity contribution in [2.24, 2.45) is 7.05 Å². The van der Waals surface area contributed by atoms with E-state index in [4.69, 9.17) is 17.3 Å². The highest BCUT2D eigenvalue weighted by atomic mass is 35.5. The van der Waals surface area contributed by atoms with Crippen molar-refractivity contribution in [3.05, 3.63) is 70.9 Å². The van der Waals surface area contributed by atoms with E-state index in [1.165, 1.54) is 18.5 Å². The van der Waals surface area contributed by atoms with E-state index in [1.807, 2.05) is 29.9 Å². The minimum absolute atomic E-state index is 0.0232. The van der Waals surface area contributed by atoms with E-state index >= 15 is 0 Å². The van der Waals surface area contributed by atoms with Crippen molar-refractivity contribution in [3.63, 3.8) is 0 Å². The summed E-state index contributed by atoms with van der Waals surface area (Å²) in [6.45, 7) is 0.604. The standard InChI is InChI=1S/C23H19ClFN5O/c1-29-11-16(21-22(26)27-12-28-23(21)29)14-3-5-19-15(10-14)6-7-30(19)20(31)9-13-2-4-18(25)17(24)8-13/h2-5,8,10-12H,6-7,9H2,1H3,(H2,26,27,28). The molecule has 1 amide bonds. The zero-order valence-electron chi connectivity index (χ0n) is 16.8. The van der Waals surface area contributed by atoms with Crippen LogP contribution in [0.4, 0.5) is 15.9 Å². The first-order chi connectivity index (χ1) is 14.9. The minimum Gasteiger partial charge on any atom is -0.383 e. The maximum absolute atomic E-state index is 13.4. The third-order valence-electron chi connectivity index (χ3n) is 5.71. The Hall–Kier alpha value is -3.45. The number of halogens is 2. The van der Waals surface area contributed by atoms with Crippen LogP contribution in [0.3, 0.4) is 0 Å². The molecule has 0 saturated heterocycles. The first kappa shape index (κ1) is 19.5. The third-order valence-corrected chi connectivity index (χ3v) is 6.00. The molecule has 0 spiro atoms. The summed E-state index contributed by atoms with van der Waals surface area (Å²) < 4.78 is 15.3. The van der Waals surface area contributed by atoms with Crippen molar-refractivity contribution in [1.29, 1.82) is 0 Å². The molecule has 0 bridgehead atoms. The number of carbonyl (C=O) groups excluding carboxylic acids is 1. The zero-order valence-corrected chi connectivity index (χ0v) is 17.5. The highest BCUT2D eigenvalue weighted by Crippen LogP contribution is 2.37. The Kier molecular flexibility index (Phi) is 4.63. The van der Waals surface area contributed by atoms with Crippen LogP contribution in [0.25, 0.3) is 22.2 Å². The number of aryl methyl sites for hydroxylation is 1. The van der Waals surface area contributed by atoms with Gasteiger partial charge in [0.25, 0.3) is 0 Å². The smallest absolute Gasteiger partial charge is 0.231 e. The molecule has 8 heteroatoms. The molecule has 6 nitrogen and oxygen atoms in total. The molecule has 31 heavy (non-hydrogen) atoms. The number of fused-ring (bicyclic) bond motifs is 2. The molecule has 0 fully saturated rings. The van der Waals surface area contributed by atoms with Gasteiger partial charge in [-0.15, -0.1) is 0 Å². The Labute approximate surface area is 183 Å². The van der Waals surface area contributed by atoms with Gasteiger partial charge in [-0.05, 0) is 47.4 Å². The van der Waals surface area contributed by atoms with Crippen LogP contribution in [0.1, 0.15) is 11.1 Å². The number of carbonyl (C=O) groups is 1. The van der Waals surface area contributed by atoms with Gasteiger partial charge in [-0.25, -0.2) is 14.4 Å². The van der Waals surface area contributed by atoms with Crippen LogP contribution in [0, 0.1) is 5.82 Å². The molecule has 1 aliphatic heterocycles. The first-order valence-corrected chi connectivity index (χ1v) is 10.2. The summed E-state index contributed by atoms with van der Waals surface area (Å²) in [5.74, 6) is -0.0933. The van der Waals surface area contributed by atoms with Gasteiger partial charge in [0.2, 0.25) is 5.91 Å². The van der Waals surface area contributed by atoms with Crippen LogP contribution in [-0.4, -0.2) is 27.0 Å². The number of benzene rings is 2. The van der Waals surface area contributed by atoms with Crippen molar-refractivity contribution in [2.75, 3.05) is 17.2 Å². The van der Waals surface area contributed by atoms with Gasteiger partial charge in [-0.2, -0.15) is 0 Å². The molecule has 4 aromatic rings. The largest absolute Gasteiger partial charge is 0.383 e. The normalized spacial score (nSPS) is 13.1. The number of nitrogens with zero attached hydrogens (tertiary/aromatic N) is 4. The average molecular weight is 436 g/mol. The fourth-order valence-electron chi connectivity index (χ4n) is 4.20. The Morgan fingerprint density at radius 1 is 1.23 bits per heavy atom. The number of aromatic nitrogens is 3. The number of nitrogen functional groups attached to an aromatic ring is 1. The maximum Gasteiger partial charge on any atom is 0.231 e. The number of amides is 1. The van der Waals surface area contributed by atoms with Gasteiger partial charge in [0.15, 0.2) is 0 Å². The molecule has 156 valence electrons. The van der Waals surface area contributed by atoms with Gasteiger partial charge in [0.1, 0.15) is 23.6 Å². The van der Waals surface area contributed by atoms with Gasteiger partial charge in [0.05, 0.1) is 16.8 Å². The summed E-state index contributed by atoms with van der Waals surface area (Å²) in [6.07, 6.45) is 4.38. The van der Waals surface area contributed by atoms with Crippen LogP contribution in [0.15, 0.2) is 48.9 Å². The Morgan fingerprint density at radius 3 is 2.87 bits per heavy atom. The molecular weight excluding hydrogens is 417 g/mol. The molecule has 0 unspecified atom stereocenters. The third kappa shape index (κ3) is 3.31. The van der Waals surface area contributed by atoms with Crippen molar-refractivity contribution in [2.45, 2.75) is 12.8 Å². The van der Waals surface area contributed by atoms with E-state index < -0.39 is 5.82 Å². The lowest BCUT2D eigenvalue weighted by molar-refractivity contribution is -0.117. The lowest BCUT2D eigenvalue weighted by Gasteiger charge is -2.18. The molecule has 5 rings (SSSR count). The summed E-state index contributed by atoms with van der Waals surface area (Å²) in [6, 6.07) is 10.4. The van der Waals surface area contributed by atoms with E-state index in [2.05, 4.69) is 16.0 Å². The molecule has 0 aliphatic carbocycles. The Bertz CT molecular complexity index is 1350. The number of hydrogen-bond acceptors (Lipinski definition) is 4. The van der Waals surface area contributed by atoms with Gasteiger partial charge < -0.3 is 15.2 Å². The van der Waals surface area contributed by atoms with E-state index in [0.29, 0.717) is 17.9 Å². The highest BCUT2D eigenvalue weighted by molar-refractivity contribution is 6.30. The minimum atomic E-state index is -0.489. The fraction of sp³-hybridized carbons (Fsp3) is 0.174. The molecule has 0 atom stereocenters. The van der Waals surface area contributed by atoms with Crippen LogP contribution in [0.2, 0.25) is 5.02 Å². The highest BCUT2D eigenvalue weighted by Gasteiger charge is 2.26. The van der Waals surface area contributed by atoms with E-state index in [0.717, 1.165) is 39.8 Å². The monoisotopic (exact) mass is 435 g/mol. The fourth-order valence-corrected chi connectivity index (χ4v) is 4.40. The molecular formula is C23H19ClFN5O. The molecule has 2 aromatic carbocycles. The zero-order chi connectivity index (χ0) is 21.7. The van der Waals surface area contributed by atoms with Crippen LogP contribution in [-0.2, 0) is 24.7 Å². The lowest BCUT2D eigenvalue weighted by Crippen LogP contribution is -2.30. The van der Waals surface area contributed by atoms with Gasteiger partial charge >= 0.3 is 0 Å². The van der Waals surface area contributed by atoms with Crippen LogP contribution >= 0.6 is 11.6 Å². The van der Waals surface area contributed by atoms with E-state index in [-0.39, 0.29) is 17.4 Å². The lowest BCUT2D eigenvalue weighted by atomic mass is 10.0. The van der Waals surface area contributed by atoms with Crippen molar-refractivity contribution < 1.29 is 9.18 Å². The summed E-state index contributed by atoms with van der Waals surface area (Å²) in [7, 11) is 1.92. The van der Waals surface area contributed by atoms with Crippen molar-refractivity contribution in [1.82, 2.24) is 14.5 Å². The second kappa shape index (κ2) is 7.35. The second-order valence-electron chi connectivity index (χ2n) is 7.68. The predicted molar refractivity (Wildman–Crippen MR) is 120 cm³/mol. The number of nitrogens with two attached hydrogens (primary N) is 1. The molecule has 3 heterocycles. The number of anilines is 2. The average Bonchev–Trinajstić information content (AvgIpc) is 3.32. The molecule has 0 saturated carbocycles. The summed E-state index contributed by atoms with van der Waals surface area (Å²) in [5.41, 5.74) is 11.5. The van der Waals surface area contributed by atoms with Gasteiger partial charge in [-0.1, -0.05) is 23.7 Å². The molecule has 2 N–H and O–H groups in total. The summed E-state index contributed by atoms with van der Waals surface area (Å²) in [5, 5.41) is 0.846. The van der Waals surface area contributed by atoms with Crippen molar-refractivity contribution >= 4 is 40.0 Å². The second-order valence-corrected chi connectivity index (χ2v) is 8.08. The number of hydrogen-bond donors (Lipinski definition) is 1. The van der Waals surface area contributed by atoms with E-state index in [9.17, 15) is 9.18 Å². The first-order valence-electron chi connectivity index (χ1n) is 9.85. The van der Waals surface area contributed by atoms with Crippen molar-refractivity contribution in [3.8, 4) is 11.1 Å². The molecule has 2 aromatic heterocycles. The van der Waals surface area contributed by atoms with E-state index in [1.54, 1.807) is 11.0 Å².